The minimum atomic E-state index is -0.0431. The molecule has 0 aliphatic heterocycles. The van der Waals surface area contributed by atoms with Gasteiger partial charge in [0.05, 0.1) is 5.52 Å². The van der Waals surface area contributed by atoms with E-state index in [1.807, 2.05) is 12.1 Å². The fraction of sp³-hybridized carbons (Fsp3) is 0.100. The van der Waals surface area contributed by atoms with Crippen LogP contribution in [0.1, 0.15) is 5.56 Å². The molecule has 3 nitrogen and oxygen atoms in total. The van der Waals surface area contributed by atoms with Crippen LogP contribution >= 0.6 is 15.9 Å². The van der Waals surface area contributed by atoms with E-state index < -0.39 is 0 Å². The van der Waals surface area contributed by atoms with Crippen LogP contribution in [0.15, 0.2) is 39.7 Å². The van der Waals surface area contributed by atoms with Gasteiger partial charge in [-0.3, -0.25) is 9.20 Å². The molecule has 2 N–H and O–H groups in total. The number of nitrogens with zero attached hydrogens (tertiary/aromatic N) is 1. The fourth-order valence-corrected chi connectivity index (χ4v) is 2.07. The summed E-state index contributed by atoms with van der Waals surface area (Å²) in [5.74, 6) is 0. The Balaban J connectivity index is 3.00. The highest BCUT2D eigenvalue weighted by molar-refractivity contribution is 9.10. The van der Waals surface area contributed by atoms with Gasteiger partial charge in [0.15, 0.2) is 0 Å². The summed E-state index contributed by atoms with van der Waals surface area (Å²) in [6, 6.07) is 7.01. The molecule has 0 aromatic carbocycles. The number of aromatic nitrogens is 1. The van der Waals surface area contributed by atoms with Crippen molar-refractivity contribution in [3.63, 3.8) is 0 Å². The lowest BCUT2D eigenvalue weighted by Crippen LogP contribution is -2.14. The maximum absolute atomic E-state index is 11.5. The molecule has 0 saturated heterocycles. The van der Waals surface area contributed by atoms with Crippen LogP contribution in [0.4, 0.5) is 0 Å². The van der Waals surface area contributed by atoms with Crippen LogP contribution in [0.2, 0.25) is 0 Å². The van der Waals surface area contributed by atoms with E-state index in [9.17, 15) is 4.79 Å². The van der Waals surface area contributed by atoms with Crippen LogP contribution < -0.4 is 11.3 Å². The monoisotopic (exact) mass is 252 g/mol. The molecule has 0 unspecified atom stereocenters. The van der Waals surface area contributed by atoms with E-state index in [1.165, 1.54) is 6.07 Å². The summed E-state index contributed by atoms with van der Waals surface area (Å²) in [6.45, 7) is 0.423. The minimum Gasteiger partial charge on any atom is -0.326 e. The highest BCUT2D eigenvalue weighted by atomic mass is 79.9. The van der Waals surface area contributed by atoms with Crippen molar-refractivity contribution >= 4 is 21.4 Å². The molecule has 0 amide bonds. The smallest absolute Gasteiger partial charge is 0.255 e. The van der Waals surface area contributed by atoms with E-state index in [1.54, 1.807) is 16.7 Å². The van der Waals surface area contributed by atoms with Gasteiger partial charge in [0.2, 0.25) is 0 Å². The van der Waals surface area contributed by atoms with Crippen LogP contribution in [-0.4, -0.2) is 4.40 Å². The van der Waals surface area contributed by atoms with Crippen LogP contribution in [0.5, 0.6) is 0 Å². The van der Waals surface area contributed by atoms with Gasteiger partial charge in [0.1, 0.15) is 0 Å². The van der Waals surface area contributed by atoms with E-state index in [0.717, 1.165) is 15.6 Å². The van der Waals surface area contributed by atoms with Crippen LogP contribution in [0.3, 0.4) is 0 Å². The van der Waals surface area contributed by atoms with E-state index in [2.05, 4.69) is 15.9 Å². The van der Waals surface area contributed by atoms with Gasteiger partial charge in [-0.25, -0.2) is 0 Å². The molecule has 0 spiro atoms. The van der Waals surface area contributed by atoms with E-state index >= 15 is 0 Å². The first kappa shape index (κ1) is 9.43. The van der Waals surface area contributed by atoms with Crippen molar-refractivity contribution in [1.82, 2.24) is 4.40 Å². The van der Waals surface area contributed by atoms with E-state index in [0.29, 0.717) is 6.54 Å². The first-order valence-corrected chi connectivity index (χ1v) is 5.02. The summed E-state index contributed by atoms with van der Waals surface area (Å²) in [4.78, 5) is 11.5. The standard InChI is InChI=1S/C10H9BrN2O/c11-8-2-1-5-13-9(14)4-3-7(6-12)10(8)13/h1-5H,6,12H2. The molecule has 2 aromatic heterocycles. The molecule has 4 heteroatoms. The summed E-state index contributed by atoms with van der Waals surface area (Å²) in [5.41, 5.74) is 7.36. The number of fused-ring (bicyclic) bond motifs is 1. The van der Waals surface area contributed by atoms with Crippen molar-refractivity contribution in [3.8, 4) is 0 Å². The molecular weight excluding hydrogens is 244 g/mol. The van der Waals surface area contributed by atoms with Crippen molar-refractivity contribution in [2.24, 2.45) is 5.73 Å². The third kappa shape index (κ3) is 1.36. The maximum Gasteiger partial charge on any atom is 0.255 e. The predicted molar refractivity (Wildman–Crippen MR) is 59.3 cm³/mol. The number of hydrogen-bond acceptors (Lipinski definition) is 2. The highest BCUT2D eigenvalue weighted by Crippen LogP contribution is 2.19. The number of nitrogens with two attached hydrogens (primary N) is 1. The zero-order valence-electron chi connectivity index (χ0n) is 7.40. The Morgan fingerprint density at radius 3 is 2.86 bits per heavy atom. The quantitative estimate of drug-likeness (QED) is 0.837. The molecule has 14 heavy (non-hydrogen) atoms. The molecule has 0 aliphatic rings. The van der Waals surface area contributed by atoms with Crippen LogP contribution in [0.25, 0.3) is 5.52 Å². The molecule has 0 atom stereocenters. The summed E-state index contributed by atoms with van der Waals surface area (Å²) in [6.07, 6.45) is 1.74. The number of pyridine rings is 2. The summed E-state index contributed by atoms with van der Waals surface area (Å²) in [7, 11) is 0. The maximum atomic E-state index is 11.5. The van der Waals surface area contributed by atoms with Crippen molar-refractivity contribution < 1.29 is 0 Å². The Hall–Kier alpha value is -1.13. The molecule has 2 heterocycles. The molecule has 0 fully saturated rings. The summed E-state index contributed by atoms with van der Waals surface area (Å²) >= 11 is 3.41. The van der Waals surface area contributed by atoms with Gasteiger partial charge in [-0.2, -0.15) is 0 Å². The zero-order valence-corrected chi connectivity index (χ0v) is 8.99. The Morgan fingerprint density at radius 2 is 2.14 bits per heavy atom. The first-order chi connectivity index (χ1) is 6.74. The second-order valence-electron chi connectivity index (χ2n) is 2.98. The number of halogens is 1. The van der Waals surface area contributed by atoms with Gasteiger partial charge in [-0.05, 0) is 33.6 Å². The summed E-state index contributed by atoms with van der Waals surface area (Å²) < 4.78 is 2.48. The molecular formula is C10H9BrN2O. The van der Waals surface area contributed by atoms with Crippen molar-refractivity contribution in [3.05, 3.63) is 50.9 Å². The lowest BCUT2D eigenvalue weighted by molar-refractivity contribution is 1.01. The highest BCUT2D eigenvalue weighted by Gasteiger charge is 2.04. The van der Waals surface area contributed by atoms with E-state index in [4.69, 9.17) is 5.73 Å². The van der Waals surface area contributed by atoms with Crippen molar-refractivity contribution in [1.29, 1.82) is 0 Å². The van der Waals surface area contributed by atoms with Crippen molar-refractivity contribution in [2.75, 3.05) is 0 Å². The van der Waals surface area contributed by atoms with Crippen molar-refractivity contribution in [2.45, 2.75) is 6.54 Å². The molecule has 2 rings (SSSR count). The fourth-order valence-electron chi connectivity index (χ4n) is 1.47. The molecule has 2 aromatic rings. The van der Waals surface area contributed by atoms with Gasteiger partial charge in [0.25, 0.3) is 5.56 Å². The normalized spacial score (nSPS) is 10.7. The van der Waals surface area contributed by atoms with Gasteiger partial charge in [-0.1, -0.05) is 6.07 Å². The molecule has 0 bridgehead atoms. The van der Waals surface area contributed by atoms with Gasteiger partial charge in [-0.15, -0.1) is 0 Å². The average Bonchev–Trinajstić information content (AvgIpc) is 2.20. The third-order valence-corrected chi connectivity index (χ3v) is 2.77. The van der Waals surface area contributed by atoms with Crippen LogP contribution in [-0.2, 0) is 6.54 Å². The SMILES string of the molecule is NCc1ccc(=O)n2cccc(Br)c12. The average molecular weight is 253 g/mol. The predicted octanol–water partition coefficient (Wildman–Crippen LogP) is 1.52. The molecule has 0 radical (unpaired) electrons. The summed E-state index contributed by atoms with van der Waals surface area (Å²) in [5, 5.41) is 0. The zero-order chi connectivity index (χ0) is 10.1. The molecule has 72 valence electrons. The van der Waals surface area contributed by atoms with Gasteiger partial charge >= 0.3 is 0 Å². The largest absolute Gasteiger partial charge is 0.326 e. The first-order valence-electron chi connectivity index (χ1n) is 4.23. The Labute approximate surface area is 89.3 Å². The molecule has 0 aliphatic carbocycles. The number of rotatable bonds is 1. The van der Waals surface area contributed by atoms with Gasteiger partial charge < -0.3 is 5.73 Å². The topological polar surface area (TPSA) is 47.5 Å². The van der Waals surface area contributed by atoms with E-state index in [-0.39, 0.29) is 5.56 Å². The minimum absolute atomic E-state index is 0.0431. The lowest BCUT2D eigenvalue weighted by Gasteiger charge is -2.06. The Morgan fingerprint density at radius 1 is 1.36 bits per heavy atom. The molecule has 0 saturated carbocycles. The second-order valence-corrected chi connectivity index (χ2v) is 3.83. The Bertz CT molecular complexity index is 533. The number of hydrogen-bond donors (Lipinski definition) is 1. The van der Waals surface area contributed by atoms with Gasteiger partial charge in [0, 0.05) is 23.3 Å². The van der Waals surface area contributed by atoms with Crippen LogP contribution in [0, 0.1) is 0 Å². The second kappa shape index (κ2) is 3.55. The third-order valence-electron chi connectivity index (χ3n) is 2.13. The lowest BCUT2D eigenvalue weighted by atomic mass is 10.2. The Kier molecular flexibility index (Phi) is 2.39.